The third-order valence-electron chi connectivity index (χ3n) is 2.44. The molecule has 2 rings (SSSR count). The second kappa shape index (κ2) is 4.02. The summed E-state index contributed by atoms with van der Waals surface area (Å²) in [6.07, 6.45) is 0.984. The maximum absolute atomic E-state index is 11.4. The minimum Gasteiger partial charge on any atom is -0.493 e. The van der Waals surface area contributed by atoms with Crippen LogP contribution in [0.1, 0.15) is 10.4 Å². The Morgan fingerprint density at radius 2 is 2.06 bits per heavy atom. The number of carboxylic acids is 1. The smallest absolute Gasteiger partial charge is 0.336 e. The van der Waals surface area contributed by atoms with Gasteiger partial charge in [-0.2, -0.15) is 0 Å². The molecule has 7 heteroatoms. The van der Waals surface area contributed by atoms with Crippen LogP contribution < -0.4 is 4.74 Å². The van der Waals surface area contributed by atoms with Gasteiger partial charge in [0.2, 0.25) is 14.9 Å². The summed E-state index contributed by atoms with van der Waals surface area (Å²) in [5.74, 6) is -0.881. The molecule has 0 aliphatic rings. The zero-order chi connectivity index (χ0) is 13.5. The lowest BCUT2D eigenvalue weighted by Crippen LogP contribution is -1.97. The second-order valence-corrected chi connectivity index (χ2v) is 5.65. The van der Waals surface area contributed by atoms with Gasteiger partial charge in [0.1, 0.15) is 0 Å². The number of carboxylic acid groups (broad SMARTS) is 1. The molecule has 0 unspecified atom stereocenters. The second-order valence-electron chi connectivity index (χ2n) is 3.70. The van der Waals surface area contributed by atoms with E-state index in [1.54, 1.807) is 0 Å². The molecule has 0 amide bonds. The first kappa shape index (κ1) is 12.4. The molecule has 18 heavy (non-hydrogen) atoms. The number of rotatable bonds is 3. The van der Waals surface area contributed by atoms with Crippen molar-refractivity contribution < 1.29 is 27.5 Å². The molecule has 0 bridgehead atoms. The standard InChI is InChI=1S/C11H10O6S/c1-16-8-4-3-6(11(12)13)7-5-9(17-10(7)8)18(2,14)15/h3-5H,1-2H3,(H,12,13). The van der Waals surface area contributed by atoms with Crippen LogP contribution in [0.15, 0.2) is 27.7 Å². The van der Waals surface area contributed by atoms with Crippen molar-refractivity contribution in [3.8, 4) is 5.75 Å². The maximum atomic E-state index is 11.4. The van der Waals surface area contributed by atoms with Gasteiger partial charge in [0.15, 0.2) is 11.3 Å². The Morgan fingerprint density at radius 1 is 1.39 bits per heavy atom. The average molecular weight is 270 g/mol. The van der Waals surface area contributed by atoms with E-state index in [9.17, 15) is 13.2 Å². The quantitative estimate of drug-likeness (QED) is 0.909. The highest BCUT2D eigenvalue weighted by Gasteiger charge is 2.20. The highest BCUT2D eigenvalue weighted by molar-refractivity contribution is 7.90. The Bertz CT molecular complexity index is 725. The van der Waals surface area contributed by atoms with Gasteiger partial charge in [0.25, 0.3) is 0 Å². The van der Waals surface area contributed by atoms with Crippen LogP contribution in [-0.2, 0) is 9.84 Å². The molecule has 0 radical (unpaired) electrons. The summed E-state index contributed by atoms with van der Waals surface area (Å²) >= 11 is 0. The molecule has 96 valence electrons. The van der Waals surface area contributed by atoms with Crippen molar-refractivity contribution in [2.24, 2.45) is 0 Å². The van der Waals surface area contributed by atoms with Gasteiger partial charge in [-0.3, -0.25) is 0 Å². The van der Waals surface area contributed by atoms with E-state index in [0.29, 0.717) is 0 Å². The SMILES string of the molecule is COc1ccc(C(=O)O)c2cc(S(C)(=O)=O)oc12. The number of ether oxygens (including phenoxy) is 1. The van der Waals surface area contributed by atoms with Gasteiger partial charge in [-0.25, -0.2) is 13.2 Å². The summed E-state index contributed by atoms with van der Waals surface area (Å²) in [6, 6.07) is 3.95. The van der Waals surface area contributed by atoms with Gasteiger partial charge in [-0.1, -0.05) is 0 Å². The first-order valence-corrected chi connectivity index (χ1v) is 6.77. The van der Waals surface area contributed by atoms with Gasteiger partial charge < -0.3 is 14.3 Å². The summed E-state index contributed by atoms with van der Waals surface area (Å²) in [5, 5.41) is 8.94. The lowest BCUT2D eigenvalue weighted by atomic mass is 10.1. The number of sulfone groups is 1. The number of aromatic carboxylic acids is 1. The molecule has 6 nitrogen and oxygen atoms in total. The molecule has 2 aromatic rings. The molecule has 1 aromatic carbocycles. The highest BCUT2D eigenvalue weighted by Crippen LogP contribution is 2.33. The summed E-state index contributed by atoms with van der Waals surface area (Å²) in [4.78, 5) is 11.0. The highest BCUT2D eigenvalue weighted by atomic mass is 32.2. The third-order valence-corrected chi connectivity index (χ3v) is 3.37. The number of carbonyl (C=O) groups is 1. The normalized spacial score (nSPS) is 11.7. The van der Waals surface area contributed by atoms with E-state index in [-0.39, 0.29) is 27.4 Å². The summed E-state index contributed by atoms with van der Waals surface area (Å²) < 4.78 is 33.0. The van der Waals surface area contributed by atoms with Crippen molar-refractivity contribution in [3.63, 3.8) is 0 Å². The van der Waals surface area contributed by atoms with Crippen LogP contribution in [0.25, 0.3) is 11.0 Å². The molecule has 0 aliphatic carbocycles. The molecular weight excluding hydrogens is 260 g/mol. The zero-order valence-corrected chi connectivity index (χ0v) is 10.4. The number of hydrogen-bond acceptors (Lipinski definition) is 5. The summed E-state index contributed by atoms with van der Waals surface area (Å²) in [5.41, 5.74) is 0.0716. The largest absolute Gasteiger partial charge is 0.493 e. The van der Waals surface area contributed by atoms with Crippen molar-refractivity contribution in [3.05, 3.63) is 23.8 Å². The fourth-order valence-corrected chi connectivity index (χ4v) is 2.17. The fourth-order valence-electron chi connectivity index (χ4n) is 1.61. The predicted molar refractivity (Wildman–Crippen MR) is 62.8 cm³/mol. The van der Waals surface area contributed by atoms with Gasteiger partial charge >= 0.3 is 5.97 Å². The third kappa shape index (κ3) is 1.92. The molecule has 0 spiro atoms. The van der Waals surface area contributed by atoms with Crippen LogP contribution >= 0.6 is 0 Å². The Balaban J connectivity index is 2.87. The number of fused-ring (bicyclic) bond motifs is 1. The molecule has 1 N–H and O–H groups in total. The number of methoxy groups -OCH3 is 1. The molecule has 0 aliphatic heterocycles. The Morgan fingerprint density at radius 3 is 2.56 bits per heavy atom. The molecule has 1 aromatic heterocycles. The lowest BCUT2D eigenvalue weighted by Gasteiger charge is -2.01. The van der Waals surface area contributed by atoms with Crippen molar-refractivity contribution in [1.82, 2.24) is 0 Å². The fraction of sp³-hybridized carbons (Fsp3) is 0.182. The maximum Gasteiger partial charge on any atom is 0.336 e. The van der Waals surface area contributed by atoms with Crippen LogP contribution in [0.5, 0.6) is 5.75 Å². The van der Waals surface area contributed by atoms with Crippen molar-refractivity contribution >= 4 is 26.8 Å². The summed E-state index contributed by atoms with van der Waals surface area (Å²) in [7, 11) is -2.16. The van der Waals surface area contributed by atoms with Gasteiger partial charge in [0.05, 0.1) is 12.7 Å². The minimum absolute atomic E-state index is 0.0375. The van der Waals surface area contributed by atoms with Crippen LogP contribution in [0.3, 0.4) is 0 Å². The number of hydrogen-bond donors (Lipinski definition) is 1. The van der Waals surface area contributed by atoms with Gasteiger partial charge in [0, 0.05) is 17.7 Å². The molecule has 1 heterocycles. The van der Waals surface area contributed by atoms with E-state index in [1.165, 1.54) is 25.3 Å². The molecule has 0 fully saturated rings. The molecule has 0 saturated heterocycles. The Kier molecular flexibility index (Phi) is 2.78. The average Bonchev–Trinajstić information content (AvgIpc) is 2.71. The van der Waals surface area contributed by atoms with E-state index in [4.69, 9.17) is 14.3 Å². The molecule has 0 saturated carbocycles. The van der Waals surface area contributed by atoms with E-state index >= 15 is 0 Å². The van der Waals surface area contributed by atoms with Gasteiger partial charge in [-0.15, -0.1) is 0 Å². The minimum atomic E-state index is -3.55. The van der Waals surface area contributed by atoms with Crippen molar-refractivity contribution in [2.75, 3.05) is 13.4 Å². The lowest BCUT2D eigenvalue weighted by molar-refractivity contribution is 0.0699. The van der Waals surface area contributed by atoms with Crippen molar-refractivity contribution in [2.45, 2.75) is 5.09 Å². The first-order chi connectivity index (χ1) is 8.34. The van der Waals surface area contributed by atoms with Gasteiger partial charge in [-0.05, 0) is 12.1 Å². The topological polar surface area (TPSA) is 93.8 Å². The first-order valence-electron chi connectivity index (χ1n) is 4.88. The number of furan rings is 1. The van der Waals surface area contributed by atoms with E-state index < -0.39 is 15.8 Å². The van der Waals surface area contributed by atoms with E-state index in [0.717, 1.165) is 6.26 Å². The molecular formula is C11H10O6S. The Hall–Kier alpha value is -2.02. The van der Waals surface area contributed by atoms with Crippen LogP contribution in [0.4, 0.5) is 0 Å². The van der Waals surface area contributed by atoms with Crippen molar-refractivity contribution in [1.29, 1.82) is 0 Å². The summed E-state index contributed by atoms with van der Waals surface area (Å²) in [6.45, 7) is 0. The van der Waals surface area contributed by atoms with Crippen LogP contribution in [0.2, 0.25) is 0 Å². The van der Waals surface area contributed by atoms with Crippen LogP contribution in [-0.4, -0.2) is 32.9 Å². The van der Waals surface area contributed by atoms with E-state index in [2.05, 4.69) is 0 Å². The zero-order valence-electron chi connectivity index (χ0n) is 9.63. The number of benzene rings is 1. The predicted octanol–water partition coefficient (Wildman–Crippen LogP) is 1.54. The monoisotopic (exact) mass is 270 g/mol. The van der Waals surface area contributed by atoms with Crippen LogP contribution in [0, 0.1) is 0 Å². The Labute approximate surface area is 103 Å². The van der Waals surface area contributed by atoms with E-state index in [1.807, 2.05) is 0 Å². The molecule has 0 atom stereocenters.